The van der Waals surface area contributed by atoms with Crippen LogP contribution in [0.4, 0.5) is 0 Å². The number of aliphatic hydroxyl groups excluding tert-OH is 1. The summed E-state index contributed by atoms with van der Waals surface area (Å²) in [7, 11) is -1.85. The zero-order chi connectivity index (χ0) is 17.3. The predicted octanol–water partition coefficient (Wildman–Crippen LogP) is 3.12. The molecule has 1 aliphatic carbocycles. The minimum atomic E-state index is -1.85. The minimum Gasteiger partial charge on any atom is -0.411 e. The fraction of sp³-hybridized carbons (Fsp3) is 0.765. The summed E-state index contributed by atoms with van der Waals surface area (Å²) in [6, 6.07) is 1.81. The van der Waals surface area contributed by atoms with Gasteiger partial charge in [0.2, 0.25) is 0 Å². The van der Waals surface area contributed by atoms with E-state index in [2.05, 4.69) is 43.8 Å². The smallest absolute Gasteiger partial charge is 0.192 e. The van der Waals surface area contributed by atoms with Crippen molar-refractivity contribution in [2.45, 2.75) is 82.9 Å². The van der Waals surface area contributed by atoms with Crippen LogP contribution in [0.25, 0.3) is 0 Å². The highest BCUT2D eigenvalue weighted by molar-refractivity contribution is 6.74. The third kappa shape index (κ3) is 3.99. The summed E-state index contributed by atoms with van der Waals surface area (Å²) in [6.07, 6.45) is 3.74. The molecule has 1 aromatic heterocycles. The molecule has 0 unspecified atom stereocenters. The van der Waals surface area contributed by atoms with Crippen LogP contribution >= 0.6 is 0 Å². The van der Waals surface area contributed by atoms with Crippen molar-refractivity contribution in [2.75, 3.05) is 0 Å². The van der Waals surface area contributed by atoms with Gasteiger partial charge in [-0.05, 0) is 43.5 Å². The molecule has 0 saturated heterocycles. The Morgan fingerprint density at radius 3 is 2.65 bits per heavy atom. The lowest BCUT2D eigenvalue weighted by atomic mass is 9.81. The first-order valence-electron chi connectivity index (χ1n) is 8.43. The zero-order valence-electron chi connectivity index (χ0n) is 15.0. The molecule has 1 saturated carbocycles. The lowest BCUT2D eigenvalue weighted by Crippen LogP contribution is -2.44. The van der Waals surface area contributed by atoms with Crippen LogP contribution in [-0.2, 0) is 16.6 Å². The minimum absolute atomic E-state index is 0.140. The Morgan fingerprint density at radius 1 is 1.35 bits per heavy atom. The molecule has 2 N–H and O–H groups in total. The van der Waals surface area contributed by atoms with E-state index in [1.807, 2.05) is 6.07 Å². The highest BCUT2D eigenvalue weighted by atomic mass is 28.4. The van der Waals surface area contributed by atoms with Crippen molar-refractivity contribution in [1.29, 1.82) is 0 Å². The van der Waals surface area contributed by atoms with Crippen LogP contribution in [0.2, 0.25) is 18.1 Å². The lowest BCUT2D eigenvalue weighted by Gasteiger charge is -2.36. The van der Waals surface area contributed by atoms with E-state index in [-0.39, 0.29) is 5.04 Å². The van der Waals surface area contributed by atoms with E-state index in [0.29, 0.717) is 25.3 Å². The van der Waals surface area contributed by atoms with E-state index in [1.54, 1.807) is 6.20 Å². The summed E-state index contributed by atoms with van der Waals surface area (Å²) in [4.78, 5) is 8.69. The maximum Gasteiger partial charge on any atom is 0.192 e. The molecule has 2 rings (SSSR count). The van der Waals surface area contributed by atoms with Crippen LogP contribution in [0.5, 0.6) is 0 Å². The quantitative estimate of drug-likeness (QED) is 0.825. The predicted molar refractivity (Wildman–Crippen MR) is 92.4 cm³/mol. The van der Waals surface area contributed by atoms with E-state index >= 15 is 0 Å². The third-order valence-electron chi connectivity index (χ3n) is 5.32. The summed E-state index contributed by atoms with van der Waals surface area (Å²) in [6.45, 7) is 11.4. The third-order valence-corrected chi connectivity index (χ3v) is 9.80. The van der Waals surface area contributed by atoms with Gasteiger partial charge in [0.1, 0.15) is 5.60 Å². The monoisotopic (exact) mass is 338 g/mol. The Balaban J connectivity index is 2.14. The van der Waals surface area contributed by atoms with E-state index in [4.69, 9.17) is 4.43 Å². The van der Waals surface area contributed by atoms with Crippen molar-refractivity contribution in [2.24, 2.45) is 0 Å². The van der Waals surface area contributed by atoms with Gasteiger partial charge in [0, 0.05) is 6.20 Å². The molecule has 0 radical (unpaired) electrons. The number of aliphatic hydroxyl groups is 2. The summed E-state index contributed by atoms with van der Waals surface area (Å²) in [5.74, 6) is 0.320. The fourth-order valence-corrected chi connectivity index (χ4v) is 3.50. The van der Waals surface area contributed by atoms with Gasteiger partial charge < -0.3 is 14.6 Å². The van der Waals surface area contributed by atoms with Crippen LogP contribution in [-0.4, -0.2) is 34.6 Å². The molecule has 5 nitrogen and oxygen atoms in total. The number of rotatable bonds is 4. The van der Waals surface area contributed by atoms with Gasteiger partial charge in [-0.25, -0.2) is 9.97 Å². The Labute approximate surface area is 140 Å². The second kappa shape index (κ2) is 6.59. The molecule has 2 atom stereocenters. The van der Waals surface area contributed by atoms with Gasteiger partial charge in [0.05, 0.1) is 18.4 Å². The van der Waals surface area contributed by atoms with Gasteiger partial charge in [-0.2, -0.15) is 0 Å². The van der Waals surface area contributed by atoms with E-state index in [0.717, 1.165) is 18.5 Å². The summed E-state index contributed by atoms with van der Waals surface area (Å²) < 4.78 is 6.19. The molecule has 1 aliphatic rings. The molecule has 130 valence electrons. The molecule has 1 fully saturated rings. The molecule has 23 heavy (non-hydrogen) atoms. The molecule has 0 aliphatic heterocycles. The van der Waals surface area contributed by atoms with Crippen molar-refractivity contribution in [3.05, 3.63) is 23.8 Å². The molecule has 1 aromatic rings. The second-order valence-electron chi connectivity index (χ2n) is 8.11. The Kier molecular flexibility index (Phi) is 5.30. The normalized spacial score (nSPS) is 26.3. The first-order chi connectivity index (χ1) is 10.6. The van der Waals surface area contributed by atoms with Gasteiger partial charge in [0.25, 0.3) is 0 Å². The molecule has 0 bridgehead atoms. The van der Waals surface area contributed by atoms with Crippen molar-refractivity contribution < 1.29 is 14.6 Å². The van der Waals surface area contributed by atoms with Crippen LogP contribution < -0.4 is 0 Å². The number of hydrogen-bond acceptors (Lipinski definition) is 5. The number of hydrogen-bond donors (Lipinski definition) is 2. The summed E-state index contributed by atoms with van der Waals surface area (Å²) in [5, 5.41) is 21.1. The standard InChI is InChI=1S/C17H30N2O3Si/c1-16(2,3)23(4,5)22-12-13-9-11-18-15(19-13)17(21)10-7-6-8-14(17)20/h9,11,14,20-21H,6-8,10,12H2,1-5H3/t14-,17+/m0/s1. The van der Waals surface area contributed by atoms with Gasteiger partial charge >= 0.3 is 0 Å². The maximum atomic E-state index is 10.8. The fourth-order valence-electron chi connectivity index (χ4n) is 2.55. The highest BCUT2D eigenvalue weighted by Gasteiger charge is 2.42. The number of aromatic nitrogens is 2. The molecule has 0 aromatic carbocycles. The molecular formula is C17H30N2O3Si. The van der Waals surface area contributed by atoms with Crippen molar-refractivity contribution in [3.63, 3.8) is 0 Å². The Morgan fingerprint density at radius 2 is 2.04 bits per heavy atom. The second-order valence-corrected chi connectivity index (χ2v) is 12.9. The van der Waals surface area contributed by atoms with Crippen molar-refractivity contribution in [1.82, 2.24) is 9.97 Å². The van der Waals surface area contributed by atoms with E-state index < -0.39 is 20.0 Å². The van der Waals surface area contributed by atoms with Gasteiger partial charge in [-0.15, -0.1) is 0 Å². The molecule has 0 spiro atoms. The molecule has 0 amide bonds. The summed E-state index contributed by atoms with van der Waals surface area (Å²) in [5.41, 5.74) is -0.573. The van der Waals surface area contributed by atoms with Crippen LogP contribution in [0.1, 0.15) is 58.0 Å². The van der Waals surface area contributed by atoms with Gasteiger partial charge in [-0.3, -0.25) is 0 Å². The Hall–Kier alpha value is -0.823. The number of nitrogens with zero attached hydrogens (tertiary/aromatic N) is 2. The van der Waals surface area contributed by atoms with E-state index in [1.165, 1.54) is 0 Å². The molecular weight excluding hydrogens is 308 g/mol. The van der Waals surface area contributed by atoms with Crippen LogP contribution in [0.3, 0.4) is 0 Å². The lowest BCUT2D eigenvalue weighted by molar-refractivity contribution is -0.111. The average Bonchev–Trinajstić information content (AvgIpc) is 2.47. The average molecular weight is 339 g/mol. The first kappa shape index (κ1) is 18.5. The van der Waals surface area contributed by atoms with E-state index in [9.17, 15) is 10.2 Å². The Bertz CT molecular complexity index is 545. The van der Waals surface area contributed by atoms with Gasteiger partial charge in [0.15, 0.2) is 14.1 Å². The molecule has 6 heteroatoms. The molecule has 1 heterocycles. The topological polar surface area (TPSA) is 75.5 Å². The van der Waals surface area contributed by atoms with Crippen LogP contribution in [0.15, 0.2) is 12.3 Å². The maximum absolute atomic E-state index is 10.8. The SMILES string of the molecule is CC(C)(C)[Si](C)(C)OCc1ccnc([C@@]2(O)CCCC[C@@H]2O)n1. The van der Waals surface area contributed by atoms with Gasteiger partial charge in [-0.1, -0.05) is 27.2 Å². The summed E-state index contributed by atoms with van der Waals surface area (Å²) >= 11 is 0. The zero-order valence-corrected chi connectivity index (χ0v) is 16.0. The van der Waals surface area contributed by atoms with Crippen molar-refractivity contribution >= 4 is 8.32 Å². The highest BCUT2D eigenvalue weighted by Crippen LogP contribution is 2.37. The first-order valence-corrected chi connectivity index (χ1v) is 11.3. The van der Waals surface area contributed by atoms with Crippen molar-refractivity contribution in [3.8, 4) is 0 Å². The van der Waals surface area contributed by atoms with Crippen LogP contribution in [0, 0.1) is 0 Å². The largest absolute Gasteiger partial charge is 0.411 e.